The van der Waals surface area contributed by atoms with Crippen molar-refractivity contribution < 1.29 is 9.72 Å². The Morgan fingerprint density at radius 1 is 1.42 bits per heavy atom. The van der Waals surface area contributed by atoms with Crippen LogP contribution in [0.2, 0.25) is 0 Å². The lowest BCUT2D eigenvalue weighted by Crippen LogP contribution is -2.43. The second-order valence-corrected chi connectivity index (χ2v) is 6.62. The number of nitrogens with one attached hydrogen (secondary N) is 2. The van der Waals surface area contributed by atoms with E-state index >= 15 is 0 Å². The smallest absolute Gasteiger partial charge is 0.292 e. The number of rotatable bonds is 8. The third kappa shape index (κ3) is 5.19. The van der Waals surface area contributed by atoms with E-state index in [0.29, 0.717) is 24.2 Å². The molecule has 2 N–H and O–H groups in total. The molecule has 0 aliphatic carbocycles. The Labute approximate surface area is 142 Å². The molecule has 1 amide bonds. The minimum absolute atomic E-state index is 0.0239. The van der Waals surface area contributed by atoms with Crippen LogP contribution >= 0.6 is 0 Å². The average molecular weight is 334 g/mol. The van der Waals surface area contributed by atoms with Crippen molar-refractivity contribution in [1.29, 1.82) is 0 Å². The molecule has 1 aromatic carbocycles. The lowest BCUT2D eigenvalue weighted by atomic mass is 10.1. The molecule has 1 fully saturated rings. The Morgan fingerprint density at radius 3 is 2.88 bits per heavy atom. The summed E-state index contributed by atoms with van der Waals surface area (Å²) in [6.07, 6.45) is 2.27. The van der Waals surface area contributed by atoms with Gasteiger partial charge in [0.15, 0.2) is 0 Å². The molecule has 0 unspecified atom stereocenters. The minimum Gasteiger partial charge on any atom is -0.371 e. The van der Waals surface area contributed by atoms with Gasteiger partial charge in [-0.1, -0.05) is 26.0 Å². The van der Waals surface area contributed by atoms with Crippen LogP contribution in [0.15, 0.2) is 24.3 Å². The molecule has 7 heteroatoms. The van der Waals surface area contributed by atoms with Gasteiger partial charge in [-0.25, -0.2) is 0 Å². The van der Waals surface area contributed by atoms with E-state index in [1.807, 2.05) is 0 Å². The number of amides is 1. The van der Waals surface area contributed by atoms with E-state index in [0.717, 1.165) is 19.5 Å². The predicted molar refractivity (Wildman–Crippen MR) is 94.0 cm³/mol. The van der Waals surface area contributed by atoms with Crippen LogP contribution in [0.4, 0.5) is 11.4 Å². The van der Waals surface area contributed by atoms with Crippen LogP contribution in [-0.4, -0.2) is 48.0 Å². The number of hydrogen-bond acceptors (Lipinski definition) is 5. The SMILES string of the molecule is CC(C)CN1CCC[C@@H]1CNC(=O)CNc1ccccc1[N+](=O)[O-]. The van der Waals surface area contributed by atoms with Crippen molar-refractivity contribution in [2.24, 2.45) is 5.92 Å². The van der Waals surface area contributed by atoms with Gasteiger partial charge < -0.3 is 10.6 Å². The summed E-state index contributed by atoms with van der Waals surface area (Å²) in [5.41, 5.74) is 0.337. The molecule has 0 radical (unpaired) electrons. The summed E-state index contributed by atoms with van der Waals surface area (Å²) in [6.45, 7) is 7.20. The summed E-state index contributed by atoms with van der Waals surface area (Å²) in [6, 6.07) is 6.72. The average Bonchev–Trinajstić information content (AvgIpc) is 2.97. The molecule has 1 atom stereocenters. The van der Waals surface area contributed by atoms with Crippen molar-refractivity contribution >= 4 is 17.3 Å². The first-order chi connectivity index (χ1) is 11.5. The molecular formula is C17H26N4O3. The number of hydrogen-bond donors (Lipinski definition) is 2. The molecule has 24 heavy (non-hydrogen) atoms. The normalized spacial score (nSPS) is 17.9. The number of anilines is 1. The zero-order chi connectivity index (χ0) is 17.5. The molecule has 1 aliphatic heterocycles. The predicted octanol–water partition coefficient (Wildman–Crippen LogP) is 2.24. The fourth-order valence-electron chi connectivity index (χ4n) is 3.09. The molecule has 1 saturated heterocycles. The summed E-state index contributed by atoms with van der Waals surface area (Å²) < 4.78 is 0. The fourth-order valence-corrected chi connectivity index (χ4v) is 3.09. The zero-order valence-corrected chi connectivity index (χ0v) is 14.3. The van der Waals surface area contributed by atoms with Gasteiger partial charge in [0, 0.05) is 25.2 Å². The summed E-state index contributed by atoms with van der Waals surface area (Å²) in [4.78, 5) is 24.9. The molecule has 132 valence electrons. The molecule has 1 aliphatic rings. The van der Waals surface area contributed by atoms with E-state index in [1.54, 1.807) is 18.2 Å². The van der Waals surface area contributed by atoms with Crippen molar-refractivity contribution in [1.82, 2.24) is 10.2 Å². The lowest BCUT2D eigenvalue weighted by molar-refractivity contribution is -0.383. The van der Waals surface area contributed by atoms with E-state index in [-0.39, 0.29) is 18.1 Å². The van der Waals surface area contributed by atoms with Crippen LogP contribution in [0.3, 0.4) is 0 Å². The van der Waals surface area contributed by atoms with E-state index < -0.39 is 4.92 Å². The molecular weight excluding hydrogens is 308 g/mol. The Hall–Kier alpha value is -2.15. The first kappa shape index (κ1) is 18.2. The number of carbonyl (C=O) groups is 1. The van der Waals surface area contributed by atoms with Crippen LogP contribution < -0.4 is 10.6 Å². The second kappa shape index (κ2) is 8.63. The summed E-state index contributed by atoms with van der Waals surface area (Å²) in [7, 11) is 0. The number of carbonyl (C=O) groups excluding carboxylic acids is 1. The van der Waals surface area contributed by atoms with Gasteiger partial charge in [-0.15, -0.1) is 0 Å². The quantitative estimate of drug-likeness (QED) is 0.562. The van der Waals surface area contributed by atoms with E-state index in [2.05, 4.69) is 29.4 Å². The number of benzene rings is 1. The highest BCUT2D eigenvalue weighted by Crippen LogP contribution is 2.22. The number of nitrogens with zero attached hydrogens (tertiary/aromatic N) is 2. The highest BCUT2D eigenvalue weighted by atomic mass is 16.6. The van der Waals surface area contributed by atoms with Gasteiger partial charge in [0.2, 0.25) is 5.91 Å². The highest BCUT2D eigenvalue weighted by Gasteiger charge is 2.25. The molecule has 1 aromatic rings. The second-order valence-electron chi connectivity index (χ2n) is 6.62. The third-order valence-electron chi connectivity index (χ3n) is 4.17. The van der Waals surface area contributed by atoms with Gasteiger partial charge in [-0.05, 0) is 31.4 Å². The Kier molecular flexibility index (Phi) is 6.54. The molecule has 2 rings (SSSR count). The van der Waals surface area contributed by atoms with Crippen LogP contribution in [-0.2, 0) is 4.79 Å². The first-order valence-electron chi connectivity index (χ1n) is 8.45. The third-order valence-corrected chi connectivity index (χ3v) is 4.17. The van der Waals surface area contributed by atoms with Gasteiger partial charge in [0.25, 0.3) is 5.69 Å². The molecule has 0 aromatic heterocycles. The Balaban J connectivity index is 1.79. The maximum absolute atomic E-state index is 12.0. The van der Waals surface area contributed by atoms with Crippen molar-refractivity contribution in [2.75, 3.05) is 31.5 Å². The van der Waals surface area contributed by atoms with Crippen LogP contribution in [0.25, 0.3) is 0 Å². The number of likely N-dealkylation sites (tertiary alicyclic amines) is 1. The Morgan fingerprint density at radius 2 is 2.17 bits per heavy atom. The maximum Gasteiger partial charge on any atom is 0.292 e. The number of nitro groups is 1. The van der Waals surface area contributed by atoms with E-state index in [4.69, 9.17) is 0 Å². The van der Waals surface area contributed by atoms with Crippen LogP contribution in [0.5, 0.6) is 0 Å². The van der Waals surface area contributed by atoms with Crippen molar-refractivity contribution in [3.8, 4) is 0 Å². The van der Waals surface area contributed by atoms with Gasteiger partial charge in [0.05, 0.1) is 11.5 Å². The standard InChI is InChI=1S/C17H26N4O3/c1-13(2)12-20-9-5-6-14(20)10-19-17(22)11-18-15-7-3-4-8-16(15)21(23)24/h3-4,7-8,13-14,18H,5-6,9-12H2,1-2H3,(H,19,22)/t14-/m1/s1. The van der Waals surface area contributed by atoms with Gasteiger partial charge in [-0.2, -0.15) is 0 Å². The Bertz CT molecular complexity index is 577. The largest absolute Gasteiger partial charge is 0.371 e. The van der Waals surface area contributed by atoms with Crippen LogP contribution in [0, 0.1) is 16.0 Å². The molecule has 7 nitrogen and oxygen atoms in total. The number of nitro benzene ring substituents is 1. The highest BCUT2D eigenvalue weighted by molar-refractivity contribution is 5.81. The van der Waals surface area contributed by atoms with Crippen molar-refractivity contribution in [2.45, 2.75) is 32.7 Å². The molecule has 0 bridgehead atoms. The lowest BCUT2D eigenvalue weighted by Gasteiger charge is -2.26. The molecule has 0 saturated carbocycles. The van der Waals surface area contributed by atoms with E-state index in [1.165, 1.54) is 12.5 Å². The maximum atomic E-state index is 12.0. The summed E-state index contributed by atoms with van der Waals surface area (Å²) in [5.74, 6) is 0.464. The zero-order valence-electron chi connectivity index (χ0n) is 14.3. The molecule has 0 spiro atoms. The van der Waals surface area contributed by atoms with Crippen LogP contribution in [0.1, 0.15) is 26.7 Å². The van der Waals surface area contributed by atoms with Crippen molar-refractivity contribution in [3.05, 3.63) is 34.4 Å². The summed E-state index contributed by atoms with van der Waals surface area (Å²) in [5, 5.41) is 16.7. The molecule has 1 heterocycles. The van der Waals surface area contributed by atoms with Crippen molar-refractivity contribution in [3.63, 3.8) is 0 Å². The first-order valence-corrected chi connectivity index (χ1v) is 8.45. The summed E-state index contributed by atoms with van der Waals surface area (Å²) >= 11 is 0. The fraction of sp³-hybridized carbons (Fsp3) is 0.588. The minimum atomic E-state index is -0.456. The monoisotopic (exact) mass is 334 g/mol. The van der Waals surface area contributed by atoms with Gasteiger partial charge in [0.1, 0.15) is 5.69 Å². The topological polar surface area (TPSA) is 87.5 Å². The van der Waals surface area contributed by atoms with E-state index in [9.17, 15) is 14.9 Å². The van der Waals surface area contributed by atoms with Gasteiger partial charge >= 0.3 is 0 Å². The number of para-hydroxylation sites is 2. The van der Waals surface area contributed by atoms with Gasteiger partial charge in [-0.3, -0.25) is 19.8 Å².